The van der Waals surface area contributed by atoms with E-state index < -0.39 is 16.7 Å². The topological polar surface area (TPSA) is 72.6 Å². The molecule has 1 aliphatic heterocycles. The fraction of sp³-hybridized carbons (Fsp3) is 0.462. The lowest BCUT2D eigenvalue weighted by Gasteiger charge is -2.44. The number of halogens is 2. The predicted octanol–water partition coefficient (Wildman–Crippen LogP) is 4.34. The average molecular weight is 457 g/mol. The van der Waals surface area contributed by atoms with Gasteiger partial charge in [-0.25, -0.2) is 8.78 Å². The quantitative estimate of drug-likeness (QED) is 0.674. The van der Waals surface area contributed by atoms with E-state index in [9.17, 15) is 18.4 Å². The van der Waals surface area contributed by atoms with E-state index in [4.69, 9.17) is 10.5 Å². The zero-order valence-electron chi connectivity index (χ0n) is 18.7. The number of piperidine rings is 1. The fourth-order valence-electron chi connectivity index (χ4n) is 5.42. The molecule has 4 rings (SSSR count). The fourth-order valence-corrected chi connectivity index (χ4v) is 5.42. The second-order valence-electron chi connectivity index (χ2n) is 9.45. The Balaban J connectivity index is 1.48. The van der Waals surface area contributed by atoms with E-state index in [1.54, 1.807) is 30.3 Å². The van der Waals surface area contributed by atoms with Crippen LogP contribution in [0.4, 0.5) is 8.78 Å². The second-order valence-corrected chi connectivity index (χ2v) is 9.45. The van der Waals surface area contributed by atoms with Crippen molar-refractivity contribution in [2.45, 2.75) is 50.4 Å². The monoisotopic (exact) mass is 456 g/mol. The molecule has 0 radical (unpaired) electrons. The van der Waals surface area contributed by atoms with Gasteiger partial charge in [0.15, 0.2) is 0 Å². The number of carbonyl (C=O) groups excluding carboxylic acids is 2. The standard InChI is InChI=1S/C26H30F2N2O3/c27-19-7-9-20(10-8-19)33-18-25(17-23(29)31)13-15-30(16-14-25)24(32)26(11-3-4-12-26)21-5-1-2-6-22(21)28/h1-2,5-10H,3-4,11-18H2,(H2,29,31). The normalized spacial score (nSPS) is 19.3. The molecule has 0 aromatic heterocycles. The number of nitrogens with zero attached hydrogens (tertiary/aromatic N) is 1. The first-order chi connectivity index (χ1) is 15.8. The molecule has 0 atom stereocenters. The summed E-state index contributed by atoms with van der Waals surface area (Å²) < 4.78 is 33.8. The molecule has 33 heavy (non-hydrogen) atoms. The number of nitrogens with two attached hydrogens (primary N) is 1. The van der Waals surface area contributed by atoms with Crippen LogP contribution in [0.3, 0.4) is 0 Å². The number of ether oxygens (including phenoxy) is 1. The van der Waals surface area contributed by atoms with Crippen LogP contribution >= 0.6 is 0 Å². The number of hydrogen-bond acceptors (Lipinski definition) is 3. The summed E-state index contributed by atoms with van der Waals surface area (Å²) in [6.45, 7) is 1.16. The van der Waals surface area contributed by atoms with Crippen LogP contribution in [0, 0.1) is 17.0 Å². The van der Waals surface area contributed by atoms with Crippen molar-refractivity contribution in [3.63, 3.8) is 0 Å². The minimum atomic E-state index is -0.820. The number of benzene rings is 2. The van der Waals surface area contributed by atoms with Crippen LogP contribution in [-0.4, -0.2) is 36.4 Å². The highest BCUT2D eigenvalue weighted by molar-refractivity contribution is 5.89. The lowest BCUT2D eigenvalue weighted by atomic mass is 9.73. The maximum absolute atomic E-state index is 14.7. The molecule has 1 saturated heterocycles. The van der Waals surface area contributed by atoms with Crippen LogP contribution in [0.15, 0.2) is 48.5 Å². The van der Waals surface area contributed by atoms with E-state index in [0.717, 1.165) is 12.8 Å². The smallest absolute Gasteiger partial charge is 0.233 e. The molecule has 2 fully saturated rings. The number of carbonyl (C=O) groups is 2. The number of amides is 2. The maximum atomic E-state index is 14.7. The first-order valence-electron chi connectivity index (χ1n) is 11.5. The van der Waals surface area contributed by atoms with Crippen molar-refractivity contribution in [2.75, 3.05) is 19.7 Å². The number of primary amides is 1. The summed E-state index contributed by atoms with van der Waals surface area (Å²) in [4.78, 5) is 27.4. The van der Waals surface area contributed by atoms with E-state index in [-0.39, 0.29) is 30.6 Å². The van der Waals surface area contributed by atoms with Crippen molar-refractivity contribution in [1.82, 2.24) is 4.90 Å². The third-order valence-corrected chi connectivity index (χ3v) is 7.28. The Bertz CT molecular complexity index is 995. The molecule has 2 aliphatic rings. The molecule has 176 valence electrons. The molecule has 2 N–H and O–H groups in total. The zero-order valence-corrected chi connectivity index (χ0v) is 18.7. The van der Waals surface area contributed by atoms with Crippen molar-refractivity contribution in [2.24, 2.45) is 11.1 Å². The van der Waals surface area contributed by atoms with Gasteiger partial charge in [0.2, 0.25) is 11.8 Å². The first-order valence-corrected chi connectivity index (χ1v) is 11.5. The summed E-state index contributed by atoms with van der Waals surface area (Å²) in [5, 5.41) is 0. The average Bonchev–Trinajstić information content (AvgIpc) is 3.30. The van der Waals surface area contributed by atoms with Crippen molar-refractivity contribution in [3.05, 3.63) is 65.7 Å². The third-order valence-electron chi connectivity index (χ3n) is 7.28. The Morgan fingerprint density at radius 2 is 1.58 bits per heavy atom. The summed E-state index contributed by atoms with van der Waals surface area (Å²) in [5.41, 5.74) is 4.70. The molecule has 0 unspecified atom stereocenters. The summed E-state index contributed by atoms with van der Waals surface area (Å²) in [6, 6.07) is 12.3. The molecule has 7 heteroatoms. The lowest BCUT2D eigenvalue weighted by Crippen LogP contribution is -2.52. The molecule has 5 nitrogen and oxygen atoms in total. The van der Waals surface area contributed by atoms with Gasteiger partial charge in [-0.3, -0.25) is 9.59 Å². The van der Waals surface area contributed by atoms with Crippen molar-refractivity contribution in [1.29, 1.82) is 0 Å². The van der Waals surface area contributed by atoms with Gasteiger partial charge in [0.05, 0.1) is 12.0 Å². The maximum Gasteiger partial charge on any atom is 0.233 e. The van der Waals surface area contributed by atoms with E-state index in [1.807, 2.05) is 4.90 Å². The van der Waals surface area contributed by atoms with Crippen LogP contribution in [0.25, 0.3) is 0 Å². The molecular weight excluding hydrogens is 426 g/mol. The Hall–Kier alpha value is -2.96. The number of rotatable bonds is 7. The minimum Gasteiger partial charge on any atom is -0.493 e. The summed E-state index contributed by atoms with van der Waals surface area (Å²) >= 11 is 0. The van der Waals surface area contributed by atoms with Crippen molar-refractivity contribution < 1.29 is 23.1 Å². The summed E-state index contributed by atoms with van der Waals surface area (Å²) in [5.74, 6) is -0.617. The van der Waals surface area contributed by atoms with Gasteiger partial charge in [-0.1, -0.05) is 31.0 Å². The summed E-state index contributed by atoms with van der Waals surface area (Å²) in [7, 11) is 0. The first kappa shape index (κ1) is 23.2. The second kappa shape index (κ2) is 9.49. The van der Waals surface area contributed by atoms with Gasteiger partial charge in [0, 0.05) is 30.5 Å². The molecule has 2 aromatic carbocycles. The number of likely N-dealkylation sites (tertiary alicyclic amines) is 1. The van der Waals surface area contributed by atoms with Gasteiger partial charge in [-0.15, -0.1) is 0 Å². The zero-order chi connectivity index (χ0) is 23.5. The van der Waals surface area contributed by atoms with Gasteiger partial charge < -0.3 is 15.4 Å². The van der Waals surface area contributed by atoms with Crippen LogP contribution in [-0.2, 0) is 15.0 Å². The third kappa shape index (κ3) is 4.87. The molecule has 1 heterocycles. The lowest BCUT2D eigenvalue weighted by molar-refractivity contribution is -0.140. The molecule has 1 saturated carbocycles. The van der Waals surface area contributed by atoms with Crippen LogP contribution in [0.1, 0.15) is 50.5 Å². The Morgan fingerprint density at radius 1 is 0.939 bits per heavy atom. The van der Waals surface area contributed by atoms with E-state index >= 15 is 0 Å². The molecule has 0 bridgehead atoms. The Kier molecular flexibility index (Phi) is 6.68. The van der Waals surface area contributed by atoms with Crippen LogP contribution in [0.2, 0.25) is 0 Å². The van der Waals surface area contributed by atoms with E-state index in [0.29, 0.717) is 50.1 Å². The molecular formula is C26H30F2N2O3. The van der Waals surface area contributed by atoms with Gasteiger partial charge in [-0.05, 0) is 56.0 Å². The molecule has 2 aromatic rings. The molecule has 0 spiro atoms. The van der Waals surface area contributed by atoms with Gasteiger partial charge in [0.1, 0.15) is 17.4 Å². The largest absolute Gasteiger partial charge is 0.493 e. The van der Waals surface area contributed by atoms with Gasteiger partial charge >= 0.3 is 0 Å². The number of hydrogen-bond donors (Lipinski definition) is 1. The Morgan fingerprint density at radius 3 is 2.18 bits per heavy atom. The van der Waals surface area contributed by atoms with E-state index in [2.05, 4.69) is 0 Å². The predicted molar refractivity (Wildman–Crippen MR) is 120 cm³/mol. The van der Waals surface area contributed by atoms with Crippen molar-refractivity contribution >= 4 is 11.8 Å². The van der Waals surface area contributed by atoms with Crippen LogP contribution in [0.5, 0.6) is 5.75 Å². The highest BCUT2D eigenvalue weighted by Crippen LogP contribution is 2.45. The van der Waals surface area contributed by atoms with Crippen LogP contribution < -0.4 is 10.5 Å². The van der Waals surface area contributed by atoms with E-state index in [1.165, 1.54) is 18.2 Å². The highest BCUT2D eigenvalue weighted by Gasteiger charge is 2.48. The molecule has 2 amide bonds. The van der Waals surface area contributed by atoms with Crippen molar-refractivity contribution in [3.8, 4) is 5.75 Å². The summed E-state index contributed by atoms with van der Waals surface area (Å²) in [6.07, 6.45) is 4.32. The Labute approximate surface area is 192 Å². The SMILES string of the molecule is NC(=O)CC1(COc2ccc(F)cc2)CCN(C(=O)C2(c3ccccc3F)CCCC2)CC1. The minimum absolute atomic E-state index is 0.0303. The molecule has 1 aliphatic carbocycles. The highest BCUT2D eigenvalue weighted by atomic mass is 19.1. The van der Waals surface area contributed by atoms with Gasteiger partial charge in [-0.2, -0.15) is 0 Å². The van der Waals surface area contributed by atoms with Gasteiger partial charge in [0.25, 0.3) is 0 Å².